The molecule has 0 saturated heterocycles. The lowest BCUT2D eigenvalue weighted by Crippen LogP contribution is -2.22. The van der Waals surface area contributed by atoms with E-state index in [-0.39, 0.29) is 0 Å². The molecule has 0 radical (unpaired) electrons. The molecule has 0 N–H and O–H groups in total. The van der Waals surface area contributed by atoms with E-state index in [1.807, 2.05) is 6.08 Å². The number of allylic oxidation sites excluding steroid dienone is 1. The molecule has 1 nitrogen and oxygen atoms in total. The lowest BCUT2D eigenvalue weighted by Gasteiger charge is -2.21. The Morgan fingerprint density at radius 1 is 0.750 bits per heavy atom. The van der Waals surface area contributed by atoms with Crippen LogP contribution in [0.5, 0.6) is 0 Å². The summed E-state index contributed by atoms with van der Waals surface area (Å²) in [5, 5.41) is 0. The van der Waals surface area contributed by atoms with Crippen LogP contribution in [-0.4, -0.2) is 17.3 Å². The highest BCUT2D eigenvalue weighted by atomic mass is 35.5. The first-order valence-electron chi connectivity index (χ1n) is 6.89. The van der Waals surface area contributed by atoms with Crippen molar-refractivity contribution in [1.29, 1.82) is 0 Å². The van der Waals surface area contributed by atoms with E-state index in [2.05, 4.69) is 71.6 Å². The highest BCUT2D eigenvalue weighted by molar-refractivity contribution is 6.18. The highest BCUT2D eigenvalue weighted by Gasteiger charge is 2.05. The van der Waals surface area contributed by atoms with Crippen molar-refractivity contribution < 1.29 is 0 Å². The Labute approximate surface area is 126 Å². The zero-order chi connectivity index (χ0) is 14.0. The van der Waals surface area contributed by atoms with Crippen molar-refractivity contribution in [3.05, 3.63) is 83.9 Å². The minimum atomic E-state index is 0.574. The summed E-state index contributed by atoms with van der Waals surface area (Å²) < 4.78 is 0. The molecule has 0 spiro atoms. The van der Waals surface area contributed by atoms with Gasteiger partial charge in [-0.2, -0.15) is 0 Å². The molecule has 0 aliphatic carbocycles. The zero-order valence-electron chi connectivity index (χ0n) is 11.6. The maximum Gasteiger partial charge on any atom is 0.0404 e. The third kappa shape index (κ3) is 5.20. The largest absolute Gasteiger partial charge is 0.291 e. The smallest absolute Gasteiger partial charge is 0.0404 e. The molecule has 0 atom stereocenters. The highest BCUT2D eigenvalue weighted by Crippen LogP contribution is 2.10. The number of benzene rings is 2. The monoisotopic (exact) mass is 285 g/mol. The summed E-state index contributed by atoms with van der Waals surface area (Å²) in [6.07, 6.45) is 4.14. The van der Waals surface area contributed by atoms with Crippen LogP contribution in [-0.2, 0) is 13.1 Å². The van der Waals surface area contributed by atoms with Gasteiger partial charge in [-0.05, 0) is 11.1 Å². The quantitative estimate of drug-likeness (QED) is 0.535. The van der Waals surface area contributed by atoms with Crippen molar-refractivity contribution in [1.82, 2.24) is 4.90 Å². The van der Waals surface area contributed by atoms with Crippen LogP contribution in [0.3, 0.4) is 0 Å². The Bertz CT molecular complexity index is 466. The molecular weight excluding hydrogens is 266 g/mol. The maximum absolute atomic E-state index is 5.70. The summed E-state index contributed by atoms with van der Waals surface area (Å²) in [5.74, 6) is 0.574. The van der Waals surface area contributed by atoms with E-state index in [1.165, 1.54) is 11.1 Å². The molecule has 0 unspecified atom stereocenters. The van der Waals surface area contributed by atoms with Crippen LogP contribution in [0.4, 0.5) is 0 Å². The molecule has 0 heterocycles. The molecular formula is C18H20ClN. The summed E-state index contributed by atoms with van der Waals surface area (Å²) >= 11 is 5.70. The number of nitrogens with zero attached hydrogens (tertiary/aromatic N) is 1. The van der Waals surface area contributed by atoms with Crippen molar-refractivity contribution >= 4 is 11.6 Å². The van der Waals surface area contributed by atoms with Gasteiger partial charge in [0, 0.05) is 25.5 Å². The van der Waals surface area contributed by atoms with Crippen LogP contribution in [0, 0.1) is 0 Å². The average molecular weight is 286 g/mol. The van der Waals surface area contributed by atoms with Crippen LogP contribution in [0.25, 0.3) is 0 Å². The van der Waals surface area contributed by atoms with Crippen molar-refractivity contribution in [3.63, 3.8) is 0 Å². The fourth-order valence-electron chi connectivity index (χ4n) is 2.15. The molecule has 0 aliphatic heterocycles. The SMILES string of the molecule is ClC/C=C/CN(Cc1ccccc1)Cc1ccccc1. The molecule has 0 fully saturated rings. The molecule has 2 aromatic rings. The summed E-state index contributed by atoms with van der Waals surface area (Å²) in [5.41, 5.74) is 2.67. The fraction of sp³-hybridized carbons (Fsp3) is 0.222. The van der Waals surface area contributed by atoms with Gasteiger partial charge in [-0.15, -0.1) is 11.6 Å². The van der Waals surface area contributed by atoms with E-state index in [1.54, 1.807) is 0 Å². The van der Waals surface area contributed by atoms with Crippen LogP contribution in [0.2, 0.25) is 0 Å². The van der Waals surface area contributed by atoms with Crippen molar-refractivity contribution in [2.45, 2.75) is 13.1 Å². The maximum atomic E-state index is 5.70. The Balaban J connectivity index is 2.02. The van der Waals surface area contributed by atoms with Crippen LogP contribution in [0.15, 0.2) is 72.8 Å². The van der Waals surface area contributed by atoms with Crippen molar-refractivity contribution in [2.24, 2.45) is 0 Å². The fourth-order valence-corrected chi connectivity index (χ4v) is 2.28. The topological polar surface area (TPSA) is 3.24 Å². The standard InChI is InChI=1S/C18H20ClN/c19-13-7-8-14-20(15-17-9-3-1-4-10-17)16-18-11-5-2-6-12-18/h1-12H,13-16H2/b8-7+. The van der Waals surface area contributed by atoms with Gasteiger partial charge < -0.3 is 0 Å². The Morgan fingerprint density at radius 3 is 1.70 bits per heavy atom. The molecule has 2 rings (SSSR count). The summed E-state index contributed by atoms with van der Waals surface area (Å²) in [6, 6.07) is 21.1. The first kappa shape index (κ1) is 14.8. The molecule has 0 aliphatic rings. The molecule has 2 aromatic carbocycles. The first-order valence-corrected chi connectivity index (χ1v) is 7.43. The lowest BCUT2D eigenvalue weighted by molar-refractivity contribution is 0.286. The Hall–Kier alpha value is -1.57. The van der Waals surface area contributed by atoms with Crippen LogP contribution in [0.1, 0.15) is 11.1 Å². The second kappa shape index (κ2) is 8.57. The van der Waals surface area contributed by atoms with Gasteiger partial charge in [0.15, 0.2) is 0 Å². The first-order chi connectivity index (χ1) is 9.88. The van der Waals surface area contributed by atoms with Crippen LogP contribution < -0.4 is 0 Å². The molecule has 0 aromatic heterocycles. The average Bonchev–Trinajstić information content (AvgIpc) is 2.49. The van der Waals surface area contributed by atoms with Gasteiger partial charge in [0.25, 0.3) is 0 Å². The Kier molecular flexibility index (Phi) is 6.36. The number of alkyl halides is 1. The van der Waals surface area contributed by atoms with Crippen molar-refractivity contribution in [3.8, 4) is 0 Å². The second-order valence-electron chi connectivity index (χ2n) is 4.77. The van der Waals surface area contributed by atoms with Gasteiger partial charge in [0.1, 0.15) is 0 Å². The zero-order valence-corrected chi connectivity index (χ0v) is 12.3. The second-order valence-corrected chi connectivity index (χ2v) is 5.08. The molecule has 0 saturated carbocycles. The van der Waals surface area contributed by atoms with E-state index < -0.39 is 0 Å². The summed E-state index contributed by atoms with van der Waals surface area (Å²) in [4.78, 5) is 2.41. The van der Waals surface area contributed by atoms with E-state index in [0.29, 0.717) is 5.88 Å². The molecule has 20 heavy (non-hydrogen) atoms. The number of halogens is 1. The normalized spacial score (nSPS) is 11.3. The van der Waals surface area contributed by atoms with Gasteiger partial charge in [-0.25, -0.2) is 0 Å². The minimum absolute atomic E-state index is 0.574. The van der Waals surface area contributed by atoms with Crippen LogP contribution >= 0.6 is 11.6 Å². The summed E-state index contributed by atoms with van der Waals surface area (Å²) in [7, 11) is 0. The van der Waals surface area contributed by atoms with E-state index in [9.17, 15) is 0 Å². The van der Waals surface area contributed by atoms with Gasteiger partial charge >= 0.3 is 0 Å². The third-order valence-electron chi connectivity index (χ3n) is 3.12. The molecule has 2 heteroatoms. The predicted molar refractivity (Wildman–Crippen MR) is 86.9 cm³/mol. The lowest BCUT2D eigenvalue weighted by atomic mass is 10.1. The number of hydrogen-bond acceptors (Lipinski definition) is 1. The third-order valence-corrected chi connectivity index (χ3v) is 3.30. The molecule has 104 valence electrons. The van der Waals surface area contributed by atoms with E-state index in [0.717, 1.165) is 19.6 Å². The Morgan fingerprint density at radius 2 is 1.25 bits per heavy atom. The molecule has 0 amide bonds. The van der Waals surface area contributed by atoms with Gasteiger partial charge in [-0.3, -0.25) is 4.90 Å². The number of hydrogen-bond donors (Lipinski definition) is 0. The van der Waals surface area contributed by atoms with E-state index in [4.69, 9.17) is 11.6 Å². The minimum Gasteiger partial charge on any atom is -0.291 e. The molecule has 0 bridgehead atoms. The summed E-state index contributed by atoms with van der Waals surface area (Å²) in [6.45, 7) is 2.81. The van der Waals surface area contributed by atoms with Crippen molar-refractivity contribution in [2.75, 3.05) is 12.4 Å². The van der Waals surface area contributed by atoms with Gasteiger partial charge in [-0.1, -0.05) is 72.8 Å². The van der Waals surface area contributed by atoms with Gasteiger partial charge in [0.2, 0.25) is 0 Å². The number of rotatable bonds is 7. The predicted octanol–water partition coefficient (Wildman–Crippen LogP) is 4.48. The van der Waals surface area contributed by atoms with Gasteiger partial charge in [0.05, 0.1) is 0 Å². The van der Waals surface area contributed by atoms with E-state index >= 15 is 0 Å².